The predicted molar refractivity (Wildman–Crippen MR) is 43.9 cm³/mol. The summed E-state index contributed by atoms with van der Waals surface area (Å²) in [5, 5.41) is 0. The second kappa shape index (κ2) is 4.68. The Labute approximate surface area is 68.0 Å². The quantitative estimate of drug-likeness (QED) is 0.578. The molecule has 0 aliphatic heterocycles. The van der Waals surface area contributed by atoms with Gasteiger partial charge in [0.15, 0.2) is 0 Å². The topological polar surface area (TPSA) is 0 Å². The maximum atomic E-state index is 12.3. The van der Waals surface area contributed by atoms with Crippen molar-refractivity contribution in [3.8, 4) is 0 Å². The normalized spacial score (nSPS) is 15.0. The van der Waals surface area contributed by atoms with Crippen molar-refractivity contribution in [1.29, 1.82) is 0 Å². The summed E-state index contributed by atoms with van der Waals surface area (Å²) in [4.78, 5) is 0. The van der Waals surface area contributed by atoms with Gasteiger partial charge in [-0.05, 0) is 19.3 Å². The predicted octanol–water partition coefficient (Wildman–Crippen LogP) is 3.86. The first-order valence-corrected chi connectivity index (χ1v) is 4.33. The molecular formula is C9H18F2. The molecule has 0 spiro atoms. The highest BCUT2D eigenvalue weighted by atomic mass is 19.3. The molecule has 0 aliphatic rings. The van der Waals surface area contributed by atoms with Gasteiger partial charge in [-0.1, -0.05) is 26.7 Å². The number of hydrogen-bond donors (Lipinski definition) is 0. The lowest BCUT2D eigenvalue weighted by atomic mass is 9.98. The molecule has 0 bridgehead atoms. The lowest BCUT2D eigenvalue weighted by molar-refractivity contribution is 0.00694. The van der Waals surface area contributed by atoms with Crippen molar-refractivity contribution < 1.29 is 8.78 Å². The van der Waals surface area contributed by atoms with Gasteiger partial charge < -0.3 is 0 Å². The van der Waals surface area contributed by atoms with E-state index >= 15 is 0 Å². The smallest absolute Gasteiger partial charge is 0.207 e. The minimum Gasteiger partial charge on any atom is -0.207 e. The van der Waals surface area contributed by atoms with E-state index in [1.807, 2.05) is 6.92 Å². The van der Waals surface area contributed by atoms with Crippen LogP contribution in [0.4, 0.5) is 8.78 Å². The Kier molecular flexibility index (Phi) is 4.62. The third-order valence-electron chi connectivity index (χ3n) is 1.86. The van der Waals surface area contributed by atoms with Gasteiger partial charge in [-0.15, -0.1) is 0 Å². The molecule has 68 valence electrons. The van der Waals surface area contributed by atoms with Gasteiger partial charge in [-0.25, -0.2) is 8.78 Å². The van der Waals surface area contributed by atoms with E-state index in [-0.39, 0.29) is 6.42 Å². The molecule has 0 nitrogen and oxygen atoms in total. The van der Waals surface area contributed by atoms with Crippen LogP contribution in [-0.4, -0.2) is 5.92 Å². The van der Waals surface area contributed by atoms with E-state index in [1.54, 1.807) is 0 Å². The molecule has 0 aromatic heterocycles. The van der Waals surface area contributed by atoms with Crippen LogP contribution in [0.25, 0.3) is 0 Å². The second-order valence-electron chi connectivity index (χ2n) is 3.50. The Morgan fingerprint density at radius 3 is 2.18 bits per heavy atom. The number of halogens is 2. The summed E-state index contributed by atoms with van der Waals surface area (Å²) in [7, 11) is 0. The van der Waals surface area contributed by atoms with E-state index in [4.69, 9.17) is 0 Å². The van der Waals surface area contributed by atoms with Crippen molar-refractivity contribution in [1.82, 2.24) is 0 Å². The zero-order chi connectivity index (χ0) is 8.91. The highest BCUT2D eigenvalue weighted by molar-refractivity contribution is 4.61. The molecule has 2 heteroatoms. The summed E-state index contributed by atoms with van der Waals surface area (Å²) in [5.74, 6) is -2.02. The standard InChI is InChI=1S/C9H18F2/c1-4-5-8(2)6-7-9(3,10)11/h8H,4-7H2,1-3H3. The Bertz CT molecular complexity index is 94.2. The summed E-state index contributed by atoms with van der Waals surface area (Å²) in [6.07, 6.45) is 2.85. The van der Waals surface area contributed by atoms with Crippen LogP contribution in [0.2, 0.25) is 0 Å². The first-order valence-electron chi connectivity index (χ1n) is 4.33. The third kappa shape index (κ3) is 7.76. The fourth-order valence-corrected chi connectivity index (χ4v) is 1.14. The molecule has 0 aromatic rings. The zero-order valence-corrected chi connectivity index (χ0v) is 7.66. The first-order chi connectivity index (χ1) is 4.95. The highest BCUT2D eigenvalue weighted by Gasteiger charge is 2.21. The highest BCUT2D eigenvalue weighted by Crippen LogP contribution is 2.23. The zero-order valence-electron chi connectivity index (χ0n) is 7.66. The van der Waals surface area contributed by atoms with Crippen LogP contribution < -0.4 is 0 Å². The third-order valence-corrected chi connectivity index (χ3v) is 1.86. The maximum Gasteiger partial charge on any atom is 0.245 e. The molecular weight excluding hydrogens is 146 g/mol. The van der Waals surface area contributed by atoms with E-state index in [9.17, 15) is 8.78 Å². The SMILES string of the molecule is CCCC(C)CCC(C)(F)F. The molecule has 0 amide bonds. The van der Waals surface area contributed by atoms with Crippen molar-refractivity contribution in [3.05, 3.63) is 0 Å². The first kappa shape index (κ1) is 10.9. The molecule has 0 heterocycles. The Hall–Kier alpha value is -0.140. The van der Waals surface area contributed by atoms with Crippen molar-refractivity contribution in [3.63, 3.8) is 0 Å². The average Bonchev–Trinajstić information content (AvgIpc) is 1.83. The Balaban J connectivity index is 3.38. The van der Waals surface area contributed by atoms with Gasteiger partial charge in [0.05, 0.1) is 0 Å². The van der Waals surface area contributed by atoms with Crippen molar-refractivity contribution >= 4 is 0 Å². The monoisotopic (exact) mass is 164 g/mol. The minimum atomic E-state index is -2.47. The van der Waals surface area contributed by atoms with Crippen LogP contribution in [0, 0.1) is 5.92 Å². The number of rotatable bonds is 5. The van der Waals surface area contributed by atoms with Gasteiger partial charge in [0.2, 0.25) is 5.92 Å². The maximum absolute atomic E-state index is 12.3. The van der Waals surface area contributed by atoms with Crippen LogP contribution in [0.5, 0.6) is 0 Å². The van der Waals surface area contributed by atoms with Gasteiger partial charge >= 0.3 is 0 Å². The van der Waals surface area contributed by atoms with E-state index in [1.165, 1.54) is 0 Å². The lowest BCUT2D eigenvalue weighted by Crippen LogP contribution is -2.11. The fraction of sp³-hybridized carbons (Fsp3) is 1.00. The van der Waals surface area contributed by atoms with E-state index < -0.39 is 5.92 Å². The molecule has 0 rings (SSSR count). The summed E-state index contributed by atoms with van der Waals surface area (Å²) < 4.78 is 24.6. The van der Waals surface area contributed by atoms with Gasteiger partial charge in [0, 0.05) is 6.42 Å². The number of alkyl halides is 2. The van der Waals surface area contributed by atoms with Crippen LogP contribution in [0.1, 0.15) is 46.5 Å². The molecule has 0 aliphatic carbocycles. The second-order valence-corrected chi connectivity index (χ2v) is 3.50. The van der Waals surface area contributed by atoms with Gasteiger partial charge in [0.1, 0.15) is 0 Å². The molecule has 1 atom stereocenters. The van der Waals surface area contributed by atoms with Gasteiger partial charge in [-0.2, -0.15) is 0 Å². The Morgan fingerprint density at radius 1 is 1.27 bits per heavy atom. The minimum absolute atomic E-state index is 0.0359. The Morgan fingerprint density at radius 2 is 1.82 bits per heavy atom. The molecule has 0 saturated heterocycles. The van der Waals surface area contributed by atoms with Crippen LogP contribution in [-0.2, 0) is 0 Å². The molecule has 11 heavy (non-hydrogen) atoms. The molecule has 1 unspecified atom stereocenters. The molecule has 0 saturated carbocycles. The fourth-order valence-electron chi connectivity index (χ4n) is 1.14. The van der Waals surface area contributed by atoms with Crippen molar-refractivity contribution in [2.24, 2.45) is 5.92 Å². The average molecular weight is 164 g/mol. The summed E-state index contributed by atoms with van der Waals surface area (Å²) in [6.45, 7) is 5.11. The lowest BCUT2D eigenvalue weighted by Gasteiger charge is -2.13. The van der Waals surface area contributed by atoms with Crippen molar-refractivity contribution in [2.45, 2.75) is 52.4 Å². The summed E-state index contributed by atoms with van der Waals surface area (Å²) >= 11 is 0. The van der Waals surface area contributed by atoms with Gasteiger partial charge in [-0.3, -0.25) is 0 Å². The van der Waals surface area contributed by atoms with Crippen molar-refractivity contribution in [2.75, 3.05) is 0 Å². The van der Waals surface area contributed by atoms with Crippen LogP contribution in [0.3, 0.4) is 0 Å². The molecule has 0 radical (unpaired) electrons. The molecule has 0 aromatic carbocycles. The molecule has 0 N–H and O–H groups in total. The summed E-state index contributed by atoms with van der Waals surface area (Å²) in [5.41, 5.74) is 0. The van der Waals surface area contributed by atoms with E-state index in [0.29, 0.717) is 12.3 Å². The van der Waals surface area contributed by atoms with Crippen LogP contribution in [0.15, 0.2) is 0 Å². The van der Waals surface area contributed by atoms with Crippen LogP contribution >= 0.6 is 0 Å². The number of hydrogen-bond acceptors (Lipinski definition) is 0. The van der Waals surface area contributed by atoms with E-state index in [0.717, 1.165) is 19.8 Å². The van der Waals surface area contributed by atoms with E-state index in [2.05, 4.69) is 6.92 Å². The van der Waals surface area contributed by atoms with Gasteiger partial charge in [0.25, 0.3) is 0 Å². The largest absolute Gasteiger partial charge is 0.245 e. The molecule has 0 fully saturated rings. The summed E-state index contributed by atoms with van der Waals surface area (Å²) in [6, 6.07) is 0.